The van der Waals surface area contributed by atoms with Crippen molar-refractivity contribution >= 4 is 11.5 Å². The molecule has 2 aromatic rings. The lowest BCUT2D eigenvalue weighted by Gasteiger charge is -2.19. The van der Waals surface area contributed by atoms with Crippen molar-refractivity contribution < 1.29 is 0 Å². The van der Waals surface area contributed by atoms with Gasteiger partial charge in [0.15, 0.2) is 0 Å². The molecule has 0 saturated heterocycles. The van der Waals surface area contributed by atoms with E-state index in [-0.39, 0.29) is 11.5 Å². The van der Waals surface area contributed by atoms with Gasteiger partial charge in [0.2, 0.25) is 0 Å². The molecule has 0 radical (unpaired) electrons. The topological polar surface area (TPSA) is 51.8 Å². The highest BCUT2D eigenvalue weighted by atomic mass is 32.1. The Bertz CT molecular complexity index is 555. The van der Waals surface area contributed by atoms with Crippen molar-refractivity contribution in [2.24, 2.45) is 5.73 Å². The molecule has 1 unspecified atom stereocenters. The summed E-state index contributed by atoms with van der Waals surface area (Å²) in [5.41, 5.74) is 9.90. The van der Waals surface area contributed by atoms with E-state index in [0.717, 1.165) is 17.0 Å². The van der Waals surface area contributed by atoms with E-state index in [1.807, 2.05) is 0 Å². The summed E-state index contributed by atoms with van der Waals surface area (Å²) in [5.74, 6) is 0. The van der Waals surface area contributed by atoms with Crippen LogP contribution in [0, 0.1) is 6.92 Å². The highest BCUT2D eigenvalue weighted by molar-refractivity contribution is 7.05. The first-order valence-electron chi connectivity index (χ1n) is 6.52. The van der Waals surface area contributed by atoms with Crippen LogP contribution in [0.1, 0.15) is 48.5 Å². The maximum atomic E-state index is 6.35. The molecule has 1 aromatic carbocycles. The molecule has 2 rings (SSSR count). The normalized spacial score (nSPS) is 13.5. The van der Waals surface area contributed by atoms with Crippen LogP contribution in [0.5, 0.6) is 0 Å². The second-order valence-electron chi connectivity index (χ2n) is 6.04. The van der Waals surface area contributed by atoms with E-state index >= 15 is 0 Å². The molecule has 2 N–H and O–H groups in total. The van der Waals surface area contributed by atoms with Gasteiger partial charge in [0.05, 0.1) is 10.6 Å². The number of rotatable bonds is 3. The van der Waals surface area contributed by atoms with Crippen molar-refractivity contribution in [3.8, 4) is 0 Å². The lowest BCUT2D eigenvalue weighted by atomic mass is 9.89. The third kappa shape index (κ3) is 3.39. The molecule has 0 fully saturated rings. The second kappa shape index (κ2) is 5.39. The van der Waals surface area contributed by atoms with E-state index < -0.39 is 0 Å². The Labute approximate surface area is 119 Å². The minimum absolute atomic E-state index is 0.00738. The first kappa shape index (κ1) is 14.2. The summed E-state index contributed by atoms with van der Waals surface area (Å²) in [6, 6.07) is 8.45. The van der Waals surface area contributed by atoms with Gasteiger partial charge in [0.1, 0.15) is 0 Å². The number of aromatic nitrogens is 2. The summed E-state index contributed by atoms with van der Waals surface area (Å²) in [6.45, 7) is 8.54. The summed E-state index contributed by atoms with van der Waals surface area (Å²) < 4.78 is 4.08. The van der Waals surface area contributed by atoms with E-state index in [0.29, 0.717) is 0 Å². The number of hydrogen-bond donors (Lipinski definition) is 1. The van der Waals surface area contributed by atoms with Crippen LogP contribution in [0.2, 0.25) is 0 Å². The lowest BCUT2D eigenvalue weighted by Crippen LogP contribution is -2.20. The van der Waals surface area contributed by atoms with Gasteiger partial charge < -0.3 is 5.73 Å². The Balaban J connectivity index is 2.21. The smallest absolute Gasteiger partial charge is 0.0857 e. The standard InChI is InChI=1S/C15H21N3S/c1-10-6-5-7-11(8-10)9-12(16)13-14(15(2,3)4)17-18-19-13/h5-8,12H,9,16H2,1-4H3. The van der Waals surface area contributed by atoms with Crippen LogP contribution in [0.4, 0.5) is 0 Å². The van der Waals surface area contributed by atoms with Crippen LogP contribution < -0.4 is 5.73 Å². The van der Waals surface area contributed by atoms with Gasteiger partial charge in [-0.25, -0.2) is 0 Å². The molecule has 0 saturated carbocycles. The molecule has 102 valence electrons. The Morgan fingerprint density at radius 3 is 2.68 bits per heavy atom. The second-order valence-corrected chi connectivity index (χ2v) is 6.82. The van der Waals surface area contributed by atoms with Gasteiger partial charge >= 0.3 is 0 Å². The van der Waals surface area contributed by atoms with Gasteiger partial charge in [-0.05, 0) is 30.4 Å². The zero-order valence-corrected chi connectivity index (χ0v) is 12.8. The molecule has 1 heterocycles. The fourth-order valence-electron chi connectivity index (χ4n) is 2.15. The summed E-state index contributed by atoms with van der Waals surface area (Å²) in [4.78, 5) is 1.11. The predicted octanol–water partition coefficient (Wildman–Crippen LogP) is 3.39. The van der Waals surface area contributed by atoms with Gasteiger partial charge in [-0.15, -0.1) is 5.10 Å². The van der Waals surface area contributed by atoms with Crippen LogP contribution in [0.15, 0.2) is 24.3 Å². The van der Waals surface area contributed by atoms with Crippen LogP contribution in [0.25, 0.3) is 0 Å². The number of nitrogens with two attached hydrogens (primary N) is 1. The van der Waals surface area contributed by atoms with Gasteiger partial charge in [-0.2, -0.15) is 0 Å². The molecule has 0 aliphatic rings. The monoisotopic (exact) mass is 275 g/mol. The van der Waals surface area contributed by atoms with Crippen LogP contribution in [-0.2, 0) is 11.8 Å². The molecule has 0 bridgehead atoms. The molecule has 1 atom stereocenters. The van der Waals surface area contributed by atoms with E-state index in [2.05, 4.69) is 61.5 Å². The molecule has 1 aromatic heterocycles. The zero-order chi connectivity index (χ0) is 14.0. The van der Waals surface area contributed by atoms with E-state index in [1.165, 1.54) is 22.7 Å². The van der Waals surface area contributed by atoms with Crippen molar-refractivity contribution in [3.63, 3.8) is 0 Å². The fourth-order valence-corrected chi connectivity index (χ4v) is 3.01. The zero-order valence-electron chi connectivity index (χ0n) is 12.0. The maximum Gasteiger partial charge on any atom is 0.0857 e. The Hall–Kier alpha value is -1.26. The summed E-state index contributed by atoms with van der Waals surface area (Å²) >= 11 is 1.42. The molecule has 19 heavy (non-hydrogen) atoms. The minimum Gasteiger partial charge on any atom is -0.323 e. The molecule has 0 amide bonds. The van der Waals surface area contributed by atoms with Crippen molar-refractivity contribution in [3.05, 3.63) is 46.0 Å². The maximum absolute atomic E-state index is 6.35. The largest absolute Gasteiger partial charge is 0.323 e. The lowest BCUT2D eigenvalue weighted by molar-refractivity contribution is 0.550. The quantitative estimate of drug-likeness (QED) is 0.934. The first-order valence-corrected chi connectivity index (χ1v) is 7.29. The van der Waals surface area contributed by atoms with E-state index in [9.17, 15) is 0 Å². The Morgan fingerprint density at radius 2 is 2.05 bits per heavy atom. The molecule has 0 aliphatic carbocycles. The molecule has 0 spiro atoms. The summed E-state index contributed by atoms with van der Waals surface area (Å²) in [6.07, 6.45) is 0.828. The SMILES string of the molecule is Cc1cccc(CC(N)c2snnc2C(C)(C)C)c1. The summed E-state index contributed by atoms with van der Waals surface area (Å²) in [7, 11) is 0. The van der Waals surface area contributed by atoms with Crippen molar-refractivity contribution in [1.82, 2.24) is 9.59 Å². The summed E-state index contributed by atoms with van der Waals surface area (Å²) in [5, 5.41) is 4.26. The number of nitrogens with zero attached hydrogens (tertiary/aromatic N) is 2. The Kier molecular flexibility index (Phi) is 4.02. The first-order chi connectivity index (χ1) is 8.88. The van der Waals surface area contributed by atoms with Crippen LogP contribution in [0.3, 0.4) is 0 Å². The third-order valence-corrected chi connectivity index (χ3v) is 3.95. The number of hydrogen-bond acceptors (Lipinski definition) is 4. The van der Waals surface area contributed by atoms with Crippen LogP contribution in [-0.4, -0.2) is 9.59 Å². The van der Waals surface area contributed by atoms with Gasteiger partial charge in [0, 0.05) is 11.5 Å². The molecule has 3 nitrogen and oxygen atoms in total. The van der Waals surface area contributed by atoms with Crippen molar-refractivity contribution in [1.29, 1.82) is 0 Å². The average molecular weight is 275 g/mol. The van der Waals surface area contributed by atoms with Crippen molar-refractivity contribution in [2.45, 2.75) is 45.6 Å². The molecular formula is C15H21N3S. The van der Waals surface area contributed by atoms with Gasteiger partial charge in [0.25, 0.3) is 0 Å². The Morgan fingerprint density at radius 1 is 1.32 bits per heavy atom. The number of benzene rings is 1. The van der Waals surface area contributed by atoms with Gasteiger partial charge in [-0.1, -0.05) is 55.1 Å². The average Bonchev–Trinajstić information content (AvgIpc) is 2.77. The van der Waals surface area contributed by atoms with Crippen LogP contribution >= 0.6 is 11.5 Å². The predicted molar refractivity (Wildman–Crippen MR) is 80.4 cm³/mol. The highest BCUT2D eigenvalue weighted by Gasteiger charge is 2.25. The van der Waals surface area contributed by atoms with Gasteiger partial charge in [-0.3, -0.25) is 0 Å². The minimum atomic E-state index is -0.0315. The third-order valence-electron chi connectivity index (χ3n) is 3.10. The number of aryl methyl sites for hydroxylation is 1. The molecule has 0 aliphatic heterocycles. The van der Waals surface area contributed by atoms with E-state index in [4.69, 9.17) is 5.73 Å². The van der Waals surface area contributed by atoms with E-state index in [1.54, 1.807) is 0 Å². The van der Waals surface area contributed by atoms with Crippen molar-refractivity contribution in [2.75, 3.05) is 0 Å². The fraction of sp³-hybridized carbons (Fsp3) is 0.467. The molecule has 4 heteroatoms. The molecular weight excluding hydrogens is 254 g/mol. The highest BCUT2D eigenvalue weighted by Crippen LogP contribution is 2.30.